The van der Waals surface area contributed by atoms with E-state index < -0.39 is 0 Å². The van der Waals surface area contributed by atoms with Gasteiger partial charge in [-0.25, -0.2) is 15.0 Å². The van der Waals surface area contributed by atoms with Crippen molar-refractivity contribution in [3.8, 4) is 0 Å². The molecule has 0 aromatic carbocycles. The minimum absolute atomic E-state index is 0.208. The lowest BCUT2D eigenvalue weighted by molar-refractivity contribution is 0.726. The van der Waals surface area contributed by atoms with Crippen molar-refractivity contribution in [1.82, 2.24) is 15.0 Å². The summed E-state index contributed by atoms with van der Waals surface area (Å²) in [7, 11) is 2.07. The molecule has 2 aromatic rings. The lowest BCUT2D eigenvalue weighted by atomic mass is 10.3. The Morgan fingerprint density at radius 3 is 2.83 bits per heavy atom. The maximum absolute atomic E-state index is 4.49. The number of anilines is 3. The third-order valence-electron chi connectivity index (χ3n) is 3.45. The average molecular weight is 241 g/mol. The van der Waals surface area contributed by atoms with Crippen LogP contribution in [0.25, 0.3) is 0 Å². The molecule has 0 N–H and O–H groups in total. The van der Waals surface area contributed by atoms with Crippen LogP contribution in [0.5, 0.6) is 0 Å². The highest BCUT2D eigenvalue weighted by molar-refractivity contribution is 5.80. The molecule has 3 heterocycles. The van der Waals surface area contributed by atoms with E-state index in [0.717, 1.165) is 22.9 Å². The molecule has 1 aliphatic heterocycles. The van der Waals surface area contributed by atoms with E-state index >= 15 is 0 Å². The molecular weight excluding hydrogens is 226 g/mol. The van der Waals surface area contributed by atoms with Crippen LogP contribution in [-0.4, -0.2) is 28.2 Å². The van der Waals surface area contributed by atoms with Crippen molar-refractivity contribution in [2.24, 2.45) is 0 Å². The second kappa shape index (κ2) is 3.94. The van der Waals surface area contributed by atoms with Gasteiger partial charge in [0.1, 0.15) is 12.5 Å². The Bertz CT molecular complexity index is 583. The summed E-state index contributed by atoms with van der Waals surface area (Å²) < 4.78 is 0. The zero-order chi connectivity index (χ0) is 12.7. The summed E-state index contributed by atoms with van der Waals surface area (Å²) in [4.78, 5) is 17.2. The van der Waals surface area contributed by atoms with Crippen molar-refractivity contribution < 1.29 is 0 Å². The Hall–Kier alpha value is -2.17. The van der Waals surface area contributed by atoms with Crippen LogP contribution in [0, 0.1) is 6.92 Å². The highest BCUT2D eigenvalue weighted by Crippen LogP contribution is 2.41. The fraction of sp³-hybridized carbons (Fsp3) is 0.308. The molecule has 0 aliphatic carbocycles. The summed E-state index contributed by atoms with van der Waals surface area (Å²) in [6, 6.07) is 4.04. The van der Waals surface area contributed by atoms with Crippen LogP contribution in [-0.2, 0) is 0 Å². The molecule has 1 unspecified atom stereocenters. The van der Waals surface area contributed by atoms with Crippen molar-refractivity contribution in [3.05, 3.63) is 36.5 Å². The van der Waals surface area contributed by atoms with Crippen LogP contribution in [0.1, 0.15) is 12.6 Å². The maximum Gasteiger partial charge on any atom is 0.158 e. The predicted octanol–water partition coefficient (Wildman–Crippen LogP) is 2.11. The van der Waals surface area contributed by atoms with Crippen molar-refractivity contribution in [2.75, 3.05) is 16.8 Å². The van der Waals surface area contributed by atoms with Crippen LogP contribution < -0.4 is 9.80 Å². The summed E-state index contributed by atoms with van der Waals surface area (Å²) in [6.07, 6.45) is 5.44. The Morgan fingerprint density at radius 2 is 2.06 bits per heavy atom. The largest absolute Gasteiger partial charge is 0.351 e. The van der Waals surface area contributed by atoms with E-state index in [-0.39, 0.29) is 6.17 Å². The molecule has 1 atom stereocenters. The highest BCUT2D eigenvalue weighted by atomic mass is 15.4. The monoisotopic (exact) mass is 241 g/mol. The van der Waals surface area contributed by atoms with E-state index in [1.165, 1.54) is 0 Å². The first-order valence-corrected chi connectivity index (χ1v) is 5.94. The number of aryl methyl sites for hydroxylation is 1. The molecule has 0 bridgehead atoms. The minimum atomic E-state index is 0.208. The highest BCUT2D eigenvalue weighted by Gasteiger charge is 2.33. The van der Waals surface area contributed by atoms with Gasteiger partial charge in [0.25, 0.3) is 0 Å². The van der Waals surface area contributed by atoms with Crippen LogP contribution in [0.4, 0.5) is 17.2 Å². The molecule has 0 spiro atoms. The smallest absolute Gasteiger partial charge is 0.158 e. The molecule has 0 saturated heterocycles. The van der Waals surface area contributed by atoms with E-state index in [9.17, 15) is 0 Å². The lowest BCUT2D eigenvalue weighted by Gasteiger charge is -2.27. The summed E-state index contributed by atoms with van der Waals surface area (Å²) in [5, 5.41) is 0. The van der Waals surface area contributed by atoms with Gasteiger partial charge in [0.15, 0.2) is 5.82 Å². The Morgan fingerprint density at radius 1 is 1.22 bits per heavy atom. The van der Waals surface area contributed by atoms with E-state index in [1.54, 1.807) is 6.33 Å². The number of hydrogen-bond acceptors (Lipinski definition) is 5. The normalized spacial score (nSPS) is 18.1. The molecule has 0 saturated carbocycles. The first-order chi connectivity index (χ1) is 8.70. The molecule has 1 aliphatic rings. The van der Waals surface area contributed by atoms with Gasteiger partial charge in [-0.2, -0.15) is 0 Å². The summed E-state index contributed by atoms with van der Waals surface area (Å²) >= 11 is 0. The molecule has 92 valence electrons. The number of rotatable bonds is 1. The van der Waals surface area contributed by atoms with Gasteiger partial charge in [-0.15, -0.1) is 0 Å². The Kier molecular flexibility index (Phi) is 2.40. The van der Waals surface area contributed by atoms with E-state index in [2.05, 4.69) is 44.8 Å². The van der Waals surface area contributed by atoms with Crippen LogP contribution in [0.2, 0.25) is 0 Å². The number of nitrogens with zero attached hydrogens (tertiary/aromatic N) is 5. The Balaban J connectivity index is 2.16. The van der Waals surface area contributed by atoms with E-state index in [1.807, 2.05) is 25.4 Å². The molecule has 5 nitrogen and oxygen atoms in total. The third-order valence-corrected chi connectivity index (χ3v) is 3.45. The van der Waals surface area contributed by atoms with Gasteiger partial charge >= 0.3 is 0 Å². The maximum atomic E-state index is 4.49. The number of hydrogen-bond donors (Lipinski definition) is 0. The quantitative estimate of drug-likeness (QED) is 0.765. The lowest BCUT2D eigenvalue weighted by Crippen LogP contribution is -2.36. The Labute approximate surface area is 106 Å². The molecule has 2 aromatic heterocycles. The zero-order valence-electron chi connectivity index (χ0n) is 10.7. The van der Waals surface area contributed by atoms with Crippen molar-refractivity contribution >= 4 is 17.2 Å². The van der Waals surface area contributed by atoms with Crippen molar-refractivity contribution in [1.29, 1.82) is 0 Å². The standard InChI is InChI=1S/C13H15N5/c1-9-12(7-14-8-16-9)18-10(2)17(3)11-5-4-6-15-13(11)18/h4-8,10H,1-3H3. The van der Waals surface area contributed by atoms with Gasteiger partial charge in [0.05, 0.1) is 23.3 Å². The molecule has 0 amide bonds. The van der Waals surface area contributed by atoms with E-state index in [0.29, 0.717) is 0 Å². The number of pyridine rings is 1. The second-order valence-corrected chi connectivity index (χ2v) is 4.45. The predicted molar refractivity (Wildman–Crippen MR) is 71.0 cm³/mol. The fourth-order valence-electron chi connectivity index (χ4n) is 2.34. The topological polar surface area (TPSA) is 45.2 Å². The van der Waals surface area contributed by atoms with Crippen molar-refractivity contribution in [2.45, 2.75) is 20.0 Å². The first kappa shape index (κ1) is 11.0. The van der Waals surface area contributed by atoms with Crippen LogP contribution in [0.15, 0.2) is 30.9 Å². The van der Waals surface area contributed by atoms with Crippen LogP contribution in [0.3, 0.4) is 0 Å². The number of fused-ring (bicyclic) bond motifs is 1. The van der Waals surface area contributed by atoms with Gasteiger partial charge in [-0.05, 0) is 26.0 Å². The summed E-state index contributed by atoms with van der Waals surface area (Å²) in [6.45, 7) is 4.14. The van der Waals surface area contributed by atoms with Gasteiger partial charge in [-0.1, -0.05) is 0 Å². The second-order valence-electron chi connectivity index (χ2n) is 4.45. The molecule has 0 radical (unpaired) electrons. The zero-order valence-corrected chi connectivity index (χ0v) is 10.7. The first-order valence-electron chi connectivity index (χ1n) is 5.94. The van der Waals surface area contributed by atoms with E-state index in [4.69, 9.17) is 0 Å². The van der Waals surface area contributed by atoms with Crippen molar-refractivity contribution in [3.63, 3.8) is 0 Å². The minimum Gasteiger partial charge on any atom is -0.351 e. The molecule has 5 heteroatoms. The van der Waals surface area contributed by atoms with Gasteiger partial charge < -0.3 is 9.80 Å². The van der Waals surface area contributed by atoms with Gasteiger partial charge in [0, 0.05) is 13.2 Å². The van der Waals surface area contributed by atoms with Crippen LogP contribution >= 0.6 is 0 Å². The van der Waals surface area contributed by atoms with Gasteiger partial charge in [-0.3, -0.25) is 0 Å². The average Bonchev–Trinajstić information content (AvgIpc) is 2.64. The molecule has 3 rings (SSSR count). The number of aromatic nitrogens is 3. The third kappa shape index (κ3) is 1.44. The molecule has 18 heavy (non-hydrogen) atoms. The molecular formula is C13H15N5. The SMILES string of the molecule is Cc1ncncc1N1c2ncccc2N(C)C1C. The summed E-state index contributed by atoms with van der Waals surface area (Å²) in [5.74, 6) is 0.963. The summed E-state index contributed by atoms with van der Waals surface area (Å²) in [5.41, 5.74) is 3.10. The fourth-order valence-corrected chi connectivity index (χ4v) is 2.34. The van der Waals surface area contributed by atoms with Gasteiger partial charge in [0.2, 0.25) is 0 Å². The molecule has 0 fully saturated rings.